The number of hydrogen-bond donors (Lipinski definition) is 3. The molecule has 1 saturated heterocycles. The van der Waals surface area contributed by atoms with Gasteiger partial charge in [0.15, 0.2) is 12.6 Å². The van der Waals surface area contributed by atoms with Crippen LogP contribution >= 0.6 is 0 Å². The van der Waals surface area contributed by atoms with Crippen LogP contribution in [0.3, 0.4) is 0 Å². The third-order valence-electron chi connectivity index (χ3n) is 2.05. The van der Waals surface area contributed by atoms with Crippen LogP contribution in [-0.2, 0) is 9.47 Å². The summed E-state index contributed by atoms with van der Waals surface area (Å²) in [5.41, 5.74) is 0. The van der Waals surface area contributed by atoms with Gasteiger partial charge in [-0.3, -0.25) is 0 Å². The molecule has 0 aromatic heterocycles. The fourth-order valence-electron chi connectivity index (χ4n) is 1.26. The van der Waals surface area contributed by atoms with Gasteiger partial charge >= 0.3 is 0 Å². The summed E-state index contributed by atoms with van der Waals surface area (Å²) < 4.78 is 10.0. The van der Waals surface area contributed by atoms with E-state index in [4.69, 9.17) is 14.6 Å². The maximum Gasteiger partial charge on any atom is 0.186 e. The maximum absolute atomic E-state index is 9.33. The van der Waals surface area contributed by atoms with E-state index in [0.717, 1.165) is 0 Å². The minimum Gasteiger partial charge on any atom is -0.393 e. The number of rotatable bonds is 2. The second kappa shape index (κ2) is 4.34. The van der Waals surface area contributed by atoms with E-state index in [1.165, 1.54) is 0 Å². The second-order valence-corrected chi connectivity index (χ2v) is 3.48. The first kappa shape index (κ1) is 10.9. The molecule has 0 aromatic carbocycles. The van der Waals surface area contributed by atoms with Gasteiger partial charge in [-0.25, -0.2) is 0 Å². The van der Waals surface area contributed by atoms with Gasteiger partial charge in [-0.2, -0.15) is 0 Å². The Morgan fingerprint density at radius 3 is 2.23 bits per heavy atom. The van der Waals surface area contributed by atoms with E-state index in [2.05, 4.69) is 0 Å². The van der Waals surface area contributed by atoms with Crippen molar-refractivity contribution in [1.82, 2.24) is 0 Å². The fourth-order valence-corrected chi connectivity index (χ4v) is 1.26. The molecule has 5 heteroatoms. The molecule has 1 aliphatic heterocycles. The first-order chi connectivity index (χ1) is 6.06. The van der Waals surface area contributed by atoms with Crippen LogP contribution in [0.4, 0.5) is 0 Å². The van der Waals surface area contributed by atoms with Crippen molar-refractivity contribution in [2.24, 2.45) is 5.92 Å². The lowest BCUT2D eigenvalue weighted by Crippen LogP contribution is -2.52. The van der Waals surface area contributed by atoms with Crippen LogP contribution in [0.1, 0.15) is 13.8 Å². The Kier molecular flexibility index (Phi) is 3.63. The van der Waals surface area contributed by atoms with Gasteiger partial charge in [-0.15, -0.1) is 0 Å². The molecule has 4 unspecified atom stereocenters. The highest BCUT2D eigenvalue weighted by Gasteiger charge is 2.38. The Bertz CT molecular complexity index is 161. The smallest absolute Gasteiger partial charge is 0.186 e. The number of aliphatic hydroxyl groups excluding tert-OH is 3. The highest BCUT2D eigenvalue weighted by Crippen LogP contribution is 2.22. The van der Waals surface area contributed by atoms with Gasteiger partial charge in [0.25, 0.3) is 0 Å². The molecule has 0 radical (unpaired) electrons. The van der Waals surface area contributed by atoms with Crippen molar-refractivity contribution in [2.75, 3.05) is 6.61 Å². The average molecular weight is 192 g/mol. The standard InChI is InChI=1S/C8H16O5/c1-4(2)6-8(11)13-7(10)5(3-9)12-6/h4-11H,3H2,1-2H3. The number of aliphatic hydroxyl groups is 3. The van der Waals surface area contributed by atoms with Crippen molar-refractivity contribution in [1.29, 1.82) is 0 Å². The van der Waals surface area contributed by atoms with Crippen LogP contribution in [0.25, 0.3) is 0 Å². The first-order valence-electron chi connectivity index (χ1n) is 4.34. The summed E-state index contributed by atoms with van der Waals surface area (Å²) in [7, 11) is 0. The summed E-state index contributed by atoms with van der Waals surface area (Å²) in [6, 6.07) is 0. The largest absolute Gasteiger partial charge is 0.393 e. The molecule has 0 spiro atoms. The van der Waals surface area contributed by atoms with Crippen molar-refractivity contribution in [3.8, 4) is 0 Å². The molecule has 4 atom stereocenters. The average Bonchev–Trinajstić information content (AvgIpc) is 2.03. The van der Waals surface area contributed by atoms with E-state index >= 15 is 0 Å². The van der Waals surface area contributed by atoms with Crippen LogP contribution in [0, 0.1) is 5.92 Å². The first-order valence-corrected chi connectivity index (χ1v) is 4.34. The molecule has 78 valence electrons. The molecule has 0 bridgehead atoms. The van der Waals surface area contributed by atoms with E-state index < -0.39 is 24.8 Å². The lowest BCUT2D eigenvalue weighted by molar-refractivity contribution is -0.344. The Labute approximate surface area is 76.9 Å². The van der Waals surface area contributed by atoms with Crippen molar-refractivity contribution in [2.45, 2.75) is 38.6 Å². The molecule has 13 heavy (non-hydrogen) atoms. The van der Waals surface area contributed by atoms with Crippen molar-refractivity contribution in [3.05, 3.63) is 0 Å². The highest BCUT2D eigenvalue weighted by atomic mass is 16.7. The van der Waals surface area contributed by atoms with E-state index in [1.807, 2.05) is 13.8 Å². The lowest BCUT2D eigenvalue weighted by atomic mass is 10.1. The third-order valence-corrected chi connectivity index (χ3v) is 2.05. The van der Waals surface area contributed by atoms with Crippen LogP contribution in [0.15, 0.2) is 0 Å². The molecule has 0 saturated carbocycles. The number of ether oxygens (including phenoxy) is 2. The van der Waals surface area contributed by atoms with Gasteiger partial charge in [0.05, 0.1) is 6.61 Å². The van der Waals surface area contributed by atoms with Crippen LogP contribution < -0.4 is 0 Å². The summed E-state index contributed by atoms with van der Waals surface area (Å²) in [6.45, 7) is 3.41. The topological polar surface area (TPSA) is 79.2 Å². The molecular weight excluding hydrogens is 176 g/mol. The fraction of sp³-hybridized carbons (Fsp3) is 1.00. The van der Waals surface area contributed by atoms with Gasteiger partial charge in [0.2, 0.25) is 0 Å². The zero-order valence-corrected chi connectivity index (χ0v) is 7.75. The van der Waals surface area contributed by atoms with E-state index in [9.17, 15) is 10.2 Å². The SMILES string of the molecule is CC(C)C1OC(CO)C(O)OC1O. The molecule has 1 fully saturated rings. The summed E-state index contributed by atoms with van der Waals surface area (Å²) in [5.74, 6) is 0.0662. The van der Waals surface area contributed by atoms with Gasteiger partial charge in [0, 0.05) is 0 Å². The van der Waals surface area contributed by atoms with Crippen molar-refractivity contribution in [3.63, 3.8) is 0 Å². The molecular formula is C8H16O5. The molecule has 3 N–H and O–H groups in total. The van der Waals surface area contributed by atoms with Gasteiger partial charge in [-0.05, 0) is 5.92 Å². The Balaban J connectivity index is 2.58. The molecule has 5 nitrogen and oxygen atoms in total. The quantitative estimate of drug-likeness (QED) is 0.526. The van der Waals surface area contributed by atoms with E-state index in [1.54, 1.807) is 0 Å². The Hall–Kier alpha value is -0.200. The Morgan fingerprint density at radius 2 is 1.77 bits per heavy atom. The summed E-state index contributed by atoms with van der Waals surface area (Å²) in [6.07, 6.45) is -3.65. The zero-order chi connectivity index (χ0) is 10.0. The highest BCUT2D eigenvalue weighted by molar-refractivity contribution is 4.75. The number of hydrogen-bond acceptors (Lipinski definition) is 5. The van der Waals surface area contributed by atoms with Gasteiger partial charge < -0.3 is 24.8 Å². The van der Waals surface area contributed by atoms with E-state index in [0.29, 0.717) is 0 Å². The molecule has 1 rings (SSSR count). The normalized spacial score (nSPS) is 41.1. The van der Waals surface area contributed by atoms with Crippen LogP contribution in [0.2, 0.25) is 0 Å². The monoisotopic (exact) mass is 192 g/mol. The summed E-state index contributed by atoms with van der Waals surface area (Å²) in [4.78, 5) is 0. The summed E-state index contributed by atoms with van der Waals surface area (Å²) >= 11 is 0. The predicted octanol–water partition coefficient (Wildman–Crippen LogP) is -0.945. The van der Waals surface area contributed by atoms with Crippen molar-refractivity contribution < 1.29 is 24.8 Å². The molecule has 1 heterocycles. The molecule has 1 aliphatic rings. The molecule has 0 amide bonds. The van der Waals surface area contributed by atoms with Gasteiger partial charge in [0.1, 0.15) is 12.2 Å². The van der Waals surface area contributed by atoms with Gasteiger partial charge in [-0.1, -0.05) is 13.8 Å². The molecule has 0 aromatic rings. The minimum absolute atomic E-state index is 0.0662. The molecule has 0 aliphatic carbocycles. The predicted molar refractivity (Wildman–Crippen MR) is 43.7 cm³/mol. The zero-order valence-electron chi connectivity index (χ0n) is 7.75. The Morgan fingerprint density at radius 1 is 1.15 bits per heavy atom. The minimum atomic E-state index is -1.25. The maximum atomic E-state index is 9.33. The van der Waals surface area contributed by atoms with Crippen molar-refractivity contribution >= 4 is 0 Å². The second-order valence-electron chi connectivity index (χ2n) is 3.48. The van der Waals surface area contributed by atoms with Crippen LogP contribution in [-0.4, -0.2) is 46.7 Å². The lowest BCUT2D eigenvalue weighted by Gasteiger charge is -2.38. The van der Waals surface area contributed by atoms with E-state index in [-0.39, 0.29) is 12.5 Å². The van der Waals surface area contributed by atoms with Crippen LogP contribution in [0.5, 0.6) is 0 Å². The third kappa shape index (κ3) is 2.38. The summed E-state index contributed by atoms with van der Waals surface area (Å²) in [5, 5.41) is 27.3.